The van der Waals surface area contributed by atoms with Crippen molar-refractivity contribution in [2.75, 3.05) is 33.0 Å². The number of hydrogen-bond acceptors (Lipinski definition) is 5. The van der Waals surface area contributed by atoms with Crippen molar-refractivity contribution < 1.29 is 19.1 Å². The van der Waals surface area contributed by atoms with Crippen molar-refractivity contribution in [2.24, 2.45) is 10.8 Å². The van der Waals surface area contributed by atoms with Gasteiger partial charge in [-0.2, -0.15) is 5.26 Å². The van der Waals surface area contributed by atoms with E-state index in [0.29, 0.717) is 26.4 Å². The van der Waals surface area contributed by atoms with Crippen LogP contribution < -0.4 is 10.6 Å². The third-order valence-corrected chi connectivity index (χ3v) is 4.92. The highest BCUT2D eigenvalue weighted by molar-refractivity contribution is 5.74. The Morgan fingerprint density at radius 1 is 1.35 bits per heavy atom. The van der Waals surface area contributed by atoms with Gasteiger partial charge in [0.05, 0.1) is 19.1 Å². The maximum absolute atomic E-state index is 12.2. The zero-order chi connectivity index (χ0) is 19.2. The number of nitrogens with zero attached hydrogens (tertiary/aromatic N) is 2. The molecule has 2 fully saturated rings. The summed E-state index contributed by atoms with van der Waals surface area (Å²) in [4.78, 5) is 25.8. The normalized spacial score (nSPS) is 27.5. The Hall–Kier alpha value is -2.01. The quantitative estimate of drug-likeness (QED) is 0.726. The van der Waals surface area contributed by atoms with Crippen LogP contribution in [0.15, 0.2) is 0 Å². The molecule has 0 aromatic rings. The molecule has 2 N–H and O–H groups in total. The van der Waals surface area contributed by atoms with Gasteiger partial charge < -0.3 is 20.1 Å². The Labute approximate surface area is 155 Å². The molecule has 1 aliphatic heterocycles. The molecule has 8 heteroatoms. The van der Waals surface area contributed by atoms with Crippen LogP contribution in [0, 0.1) is 22.2 Å². The van der Waals surface area contributed by atoms with Crippen LogP contribution in [0.3, 0.4) is 0 Å². The molecule has 0 radical (unpaired) electrons. The molecule has 0 aromatic heterocycles. The van der Waals surface area contributed by atoms with Crippen LogP contribution in [0.1, 0.15) is 46.5 Å². The number of ether oxygens (including phenoxy) is 2. The maximum atomic E-state index is 12.2. The summed E-state index contributed by atoms with van der Waals surface area (Å²) >= 11 is 0. The number of alkyl carbamates (subject to hydrolysis) is 1. The monoisotopic (exact) mass is 366 g/mol. The molecule has 2 unspecified atom stereocenters. The Morgan fingerprint density at radius 2 is 2.12 bits per heavy atom. The summed E-state index contributed by atoms with van der Waals surface area (Å²) in [5.74, 6) is 0. The first-order chi connectivity index (χ1) is 12.2. The molecule has 0 spiro atoms. The largest absolute Gasteiger partial charge is 0.448 e. The summed E-state index contributed by atoms with van der Waals surface area (Å²) in [7, 11) is 0. The fraction of sp³-hybridized carbons (Fsp3) is 0.833. The van der Waals surface area contributed by atoms with Gasteiger partial charge in [-0.25, -0.2) is 9.59 Å². The molecule has 26 heavy (non-hydrogen) atoms. The van der Waals surface area contributed by atoms with Crippen LogP contribution in [0.2, 0.25) is 0 Å². The smallest absolute Gasteiger partial charge is 0.407 e. The molecule has 146 valence electrons. The minimum absolute atomic E-state index is 0.0228. The molecule has 0 aromatic carbocycles. The van der Waals surface area contributed by atoms with Crippen molar-refractivity contribution in [3.05, 3.63) is 0 Å². The van der Waals surface area contributed by atoms with Gasteiger partial charge in [0.2, 0.25) is 0 Å². The summed E-state index contributed by atoms with van der Waals surface area (Å²) in [6, 6.07) is 1.82. The SMILES string of the molecule is CC1(C)CC(NC(=O)OCCC#N)CC(C)(CNC(=O)N2CCOC2)C1. The Morgan fingerprint density at radius 3 is 2.77 bits per heavy atom. The van der Waals surface area contributed by atoms with Gasteiger partial charge in [0.15, 0.2) is 0 Å². The van der Waals surface area contributed by atoms with Gasteiger partial charge in [0.1, 0.15) is 13.3 Å². The minimum Gasteiger partial charge on any atom is -0.448 e. The molecular weight excluding hydrogens is 336 g/mol. The Balaban J connectivity index is 1.89. The van der Waals surface area contributed by atoms with Crippen molar-refractivity contribution in [3.63, 3.8) is 0 Å². The molecule has 2 aliphatic rings. The van der Waals surface area contributed by atoms with Crippen molar-refractivity contribution >= 4 is 12.1 Å². The van der Waals surface area contributed by atoms with E-state index in [4.69, 9.17) is 14.7 Å². The van der Waals surface area contributed by atoms with Crippen molar-refractivity contribution in [1.82, 2.24) is 15.5 Å². The number of nitrogens with one attached hydrogen (secondary N) is 2. The minimum atomic E-state index is -0.483. The zero-order valence-corrected chi connectivity index (χ0v) is 16.0. The van der Waals surface area contributed by atoms with Gasteiger partial charge >= 0.3 is 12.1 Å². The molecule has 2 atom stereocenters. The molecule has 1 saturated heterocycles. The molecule has 1 aliphatic carbocycles. The first kappa shape index (κ1) is 20.3. The van der Waals surface area contributed by atoms with E-state index in [9.17, 15) is 9.59 Å². The third-order valence-electron chi connectivity index (χ3n) is 4.92. The third kappa shape index (κ3) is 6.06. The van der Waals surface area contributed by atoms with Crippen molar-refractivity contribution in [3.8, 4) is 6.07 Å². The second kappa shape index (κ2) is 8.58. The van der Waals surface area contributed by atoms with E-state index in [1.807, 2.05) is 6.07 Å². The van der Waals surface area contributed by atoms with Crippen LogP contribution >= 0.6 is 0 Å². The molecule has 1 heterocycles. The van der Waals surface area contributed by atoms with Gasteiger partial charge in [0, 0.05) is 19.1 Å². The van der Waals surface area contributed by atoms with Crippen LogP contribution in [0.5, 0.6) is 0 Å². The number of amides is 3. The van der Waals surface area contributed by atoms with E-state index in [1.165, 1.54) is 0 Å². The van der Waals surface area contributed by atoms with Crippen molar-refractivity contribution in [2.45, 2.75) is 52.5 Å². The predicted octanol–water partition coefficient (Wildman–Crippen LogP) is 2.21. The lowest BCUT2D eigenvalue weighted by Gasteiger charge is -2.46. The number of urea groups is 1. The zero-order valence-electron chi connectivity index (χ0n) is 16.0. The lowest BCUT2D eigenvalue weighted by atomic mass is 9.62. The van der Waals surface area contributed by atoms with Crippen molar-refractivity contribution in [1.29, 1.82) is 5.26 Å². The first-order valence-electron chi connectivity index (χ1n) is 9.14. The number of nitriles is 1. The summed E-state index contributed by atoms with van der Waals surface area (Å²) in [6.45, 7) is 8.69. The second-order valence-corrected chi connectivity index (χ2v) is 8.40. The number of rotatable bonds is 5. The topological polar surface area (TPSA) is 104 Å². The summed E-state index contributed by atoms with van der Waals surface area (Å²) in [6.07, 6.45) is 2.28. The van der Waals surface area contributed by atoms with E-state index in [2.05, 4.69) is 31.4 Å². The van der Waals surface area contributed by atoms with Gasteiger partial charge in [-0.15, -0.1) is 0 Å². The fourth-order valence-corrected chi connectivity index (χ4v) is 4.24. The van der Waals surface area contributed by atoms with Crippen LogP contribution in [0.25, 0.3) is 0 Å². The lowest BCUT2D eigenvalue weighted by molar-refractivity contribution is 0.0650. The number of carbonyl (C=O) groups excluding carboxylic acids is 2. The lowest BCUT2D eigenvalue weighted by Crippen LogP contribution is -2.51. The highest BCUT2D eigenvalue weighted by Gasteiger charge is 2.42. The van der Waals surface area contributed by atoms with Gasteiger partial charge in [-0.3, -0.25) is 4.90 Å². The standard InChI is InChI=1S/C18H30N4O4/c1-17(2)9-14(21-16(24)26-7-4-5-19)10-18(3,11-17)12-20-15(23)22-6-8-25-13-22/h14H,4,6-13H2,1-3H3,(H,20,23)(H,21,24). The molecule has 3 amide bonds. The van der Waals surface area contributed by atoms with E-state index in [0.717, 1.165) is 19.3 Å². The summed E-state index contributed by atoms with van der Waals surface area (Å²) < 4.78 is 10.2. The second-order valence-electron chi connectivity index (χ2n) is 8.40. The molecule has 8 nitrogen and oxygen atoms in total. The number of hydrogen-bond donors (Lipinski definition) is 2. The molecule has 2 rings (SSSR count). The average Bonchev–Trinajstić information content (AvgIpc) is 3.05. The predicted molar refractivity (Wildman–Crippen MR) is 95.2 cm³/mol. The highest BCUT2D eigenvalue weighted by Crippen LogP contribution is 2.45. The Kier molecular flexibility index (Phi) is 6.70. The summed E-state index contributed by atoms with van der Waals surface area (Å²) in [5, 5.41) is 14.4. The van der Waals surface area contributed by atoms with E-state index in [-0.39, 0.29) is 35.9 Å². The van der Waals surface area contributed by atoms with Crippen LogP contribution in [-0.4, -0.2) is 56.1 Å². The first-order valence-corrected chi connectivity index (χ1v) is 9.14. The van der Waals surface area contributed by atoms with E-state index >= 15 is 0 Å². The van der Waals surface area contributed by atoms with Gasteiger partial charge in [-0.1, -0.05) is 20.8 Å². The Bertz CT molecular complexity index is 554. The molecule has 1 saturated carbocycles. The van der Waals surface area contributed by atoms with Crippen LogP contribution in [-0.2, 0) is 9.47 Å². The fourth-order valence-electron chi connectivity index (χ4n) is 4.24. The molecular formula is C18H30N4O4. The van der Waals surface area contributed by atoms with Gasteiger partial charge in [0.25, 0.3) is 0 Å². The van der Waals surface area contributed by atoms with E-state index < -0.39 is 6.09 Å². The summed E-state index contributed by atoms with van der Waals surface area (Å²) in [5.41, 5.74) is -0.0817. The molecule has 0 bridgehead atoms. The average molecular weight is 366 g/mol. The van der Waals surface area contributed by atoms with Gasteiger partial charge in [-0.05, 0) is 30.1 Å². The highest BCUT2D eigenvalue weighted by atomic mass is 16.5. The number of carbonyl (C=O) groups is 2. The van der Waals surface area contributed by atoms with E-state index in [1.54, 1.807) is 4.90 Å². The van der Waals surface area contributed by atoms with Crippen LogP contribution in [0.4, 0.5) is 9.59 Å². The maximum Gasteiger partial charge on any atom is 0.407 e.